The minimum Gasteiger partial charge on any atom is -0.378 e. The highest BCUT2D eigenvalue weighted by Crippen LogP contribution is 2.14. The maximum Gasteiger partial charge on any atom is 0.227 e. The SMILES string of the molecule is Cc1cc(N/N=C/c2cccnc2)nc(N2CCOCC2)n1. The highest BCUT2D eigenvalue weighted by Gasteiger charge is 2.14. The molecule has 0 aromatic carbocycles. The standard InChI is InChI=1S/C15H18N6O/c1-12-9-14(20-17-11-13-3-2-4-16-10-13)19-15(18-12)21-5-7-22-8-6-21/h2-4,9-11H,5-8H2,1H3,(H,18,19,20)/b17-11+. The molecule has 7 heteroatoms. The second-order valence-electron chi connectivity index (χ2n) is 4.95. The van der Waals surface area contributed by atoms with Crippen molar-refractivity contribution in [3.8, 4) is 0 Å². The molecule has 1 saturated heterocycles. The Kier molecular flexibility index (Phi) is 4.55. The summed E-state index contributed by atoms with van der Waals surface area (Å²) in [6.07, 6.45) is 5.18. The van der Waals surface area contributed by atoms with Crippen LogP contribution in [0.25, 0.3) is 0 Å². The summed E-state index contributed by atoms with van der Waals surface area (Å²) in [5, 5.41) is 4.19. The molecule has 0 radical (unpaired) electrons. The topological polar surface area (TPSA) is 75.5 Å². The molecule has 22 heavy (non-hydrogen) atoms. The number of nitrogens with one attached hydrogen (secondary N) is 1. The fraction of sp³-hybridized carbons (Fsp3) is 0.333. The van der Waals surface area contributed by atoms with E-state index in [0.29, 0.717) is 25.0 Å². The summed E-state index contributed by atoms with van der Waals surface area (Å²) < 4.78 is 5.35. The van der Waals surface area contributed by atoms with Gasteiger partial charge in [-0.3, -0.25) is 10.4 Å². The number of ether oxygens (including phenoxy) is 1. The first-order valence-corrected chi connectivity index (χ1v) is 7.19. The van der Waals surface area contributed by atoms with Gasteiger partial charge >= 0.3 is 0 Å². The van der Waals surface area contributed by atoms with E-state index in [9.17, 15) is 0 Å². The Morgan fingerprint density at radius 3 is 2.95 bits per heavy atom. The molecule has 0 amide bonds. The average Bonchev–Trinajstić information content (AvgIpc) is 2.56. The van der Waals surface area contributed by atoms with Crippen LogP contribution in [0.15, 0.2) is 35.7 Å². The van der Waals surface area contributed by atoms with Gasteiger partial charge in [-0.1, -0.05) is 6.07 Å². The van der Waals surface area contributed by atoms with E-state index >= 15 is 0 Å². The van der Waals surface area contributed by atoms with Gasteiger partial charge in [-0.25, -0.2) is 4.98 Å². The number of nitrogens with zero attached hydrogens (tertiary/aromatic N) is 5. The molecule has 7 nitrogen and oxygen atoms in total. The number of hydrogen-bond donors (Lipinski definition) is 1. The Labute approximate surface area is 129 Å². The van der Waals surface area contributed by atoms with E-state index in [1.807, 2.05) is 25.1 Å². The van der Waals surface area contributed by atoms with E-state index in [0.717, 1.165) is 24.3 Å². The van der Waals surface area contributed by atoms with Gasteiger partial charge in [-0.05, 0) is 13.0 Å². The summed E-state index contributed by atoms with van der Waals surface area (Å²) in [5.41, 5.74) is 4.77. The molecule has 0 bridgehead atoms. The highest BCUT2D eigenvalue weighted by atomic mass is 16.5. The van der Waals surface area contributed by atoms with Crippen molar-refractivity contribution in [1.82, 2.24) is 15.0 Å². The van der Waals surface area contributed by atoms with Gasteiger partial charge in [0.2, 0.25) is 5.95 Å². The lowest BCUT2D eigenvalue weighted by Gasteiger charge is -2.27. The van der Waals surface area contributed by atoms with Crippen molar-refractivity contribution in [3.63, 3.8) is 0 Å². The molecule has 0 saturated carbocycles. The lowest BCUT2D eigenvalue weighted by Crippen LogP contribution is -2.37. The molecule has 0 spiro atoms. The van der Waals surface area contributed by atoms with E-state index in [1.165, 1.54) is 0 Å². The zero-order chi connectivity index (χ0) is 15.2. The Bertz CT molecular complexity index is 640. The molecular formula is C15H18N6O. The summed E-state index contributed by atoms with van der Waals surface area (Å²) in [5.74, 6) is 1.39. The Morgan fingerprint density at radius 1 is 1.32 bits per heavy atom. The van der Waals surface area contributed by atoms with Crippen LogP contribution in [0.1, 0.15) is 11.3 Å². The van der Waals surface area contributed by atoms with E-state index in [-0.39, 0.29) is 0 Å². The largest absolute Gasteiger partial charge is 0.378 e. The van der Waals surface area contributed by atoms with Crippen molar-refractivity contribution in [1.29, 1.82) is 0 Å². The van der Waals surface area contributed by atoms with Gasteiger partial charge in [0, 0.05) is 42.8 Å². The molecule has 0 unspecified atom stereocenters. The number of aryl methyl sites for hydroxylation is 1. The zero-order valence-electron chi connectivity index (χ0n) is 12.4. The van der Waals surface area contributed by atoms with Crippen LogP contribution in [-0.4, -0.2) is 47.5 Å². The smallest absolute Gasteiger partial charge is 0.227 e. The molecule has 114 valence electrons. The molecule has 1 fully saturated rings. The van der Waals surface area contributed by atoms with E-state index in [2.05, 4.69) is 30.4 Å². The van der Waals surface area contributed by atoms with Crippen molar-refractivity contribution in [2.75, 3.05) is 36.6 Å². The van der Waals surface area contributed by atoms with Crippen LogP contribution >= 0.6 is 0 Å². The third-order valence-corrected chi connectivity index (χ3v) is 3.21. The average molecular weight is 298 g/mol. The summed E-state index contributed by atoms with van der Waals surface area (Å²) in [6, 6.07) is 5.67. The van der Waals surface area contributed by atoms with Crippen LogP contribution < -0.4 is 10.3 Å². The Balaban J connectivity index is 1.70. The molecule has 1 N–H and O–H groups in total. The van der Waals surface area contributed by atoms with Crippen LogP contribution in [0, 0.1) is 6.92 Å². The first-order chi connectivity index (χ1) is 10.8. The van der Waals surface area contributed by atoms with Gasteiger partial charge in [-0.2, -0.15) is 10.1 Å². The summed E-state index contributed by atoms with van der Waals surface area (Å²) in [4.78, 5) is 15.1. The van der Waals surface area contributed by atoms with E-state index in [1.54, 1.807) is 18.6 Å². The number of aromatic nitrogens is 3. The van der Waals surface area contributed by atoms with Crippen LogP contribution in [0.5, 0.6) is 0 Å². The molecule has 3 heterocycles. The number of hydrazone groups is 1. The van der Waals surface area contributed by atoms with Crippen LogP contribution in [0.3, 0.4) is 0 Å². The maximum absolute atomic E-state index is 5.35. The molecule has 2 aromatic heterocycles. The number of anilines is 2. The molecule has 2 aromatic rings. The van der Waals surface area contributed by atoms with Gasteiger partial charge in [0.1, 0.15) is 0 Å². The van der Waals surface area contributed by atoms with E-state index in [4.69, 9.17) is 4.74 Å². The van der Waals surface area contributed by atoms with Gasteiger partial charge in [0.25, 0.3) is 0 Å². The lowest BCUT2D eigenvalue weighted by molar-refractivity contribution is 0.122. The molecule has 3 rings (SSSR count). The summed E-state index contributed by atoms with van der Waals surface area (Å²) >= 11 is 0. The van der Waals surface area contributed by atoms with Gasteiger partial charge < -0.3 is 9.64 Å². The van der Waals surface area contributed by atoms with Gasteiger partial charge in [-0.15, -0.1) is 0 Å². The first-order valence-electron chi connectivity index (χ1n) is 7.19. The highest BCUT2D eigenvalue weighted by molar-refractivity contribution is 5.79. The fourth-order valence-electron chi connectivity index (χ4n) is 2.14. The quantitative estimate of drug-likeness (QED) is 0.680. The normalized spacial score (nSPS) is 15.2. The van der Waals surface area contributed by atoms with Gasteiger partial charge in [0.05, 0.1) is 19.4 Å². The minimum absolute atomic E-state index is 0.675. The van der Waals surface area contributed by atoms with Gasteiger partial charge in [0.15, 0.2) is 5.82 Å². The second kappa shape index (κ2) is 6.95. The molecule has 0 atom stereocenters. The molecule has 1 aliphatic heterocycles. The molecule has 0 aliphatic carbocycles. The van der Waals surface area contributed by atoms with Crippen molar-refractivity contribution >= 4 is 18.0 Å². The molecular weight excluding hydrogens is 280 g/mol. The van der Waals surface area contributed by atoms with Crippen molar-refractivity contribution in [2.45, 2.75) is 6.92 Å². The predicted molar refractivity (Wildman–Crippen MR) is 85.3 cm³/mol. The number of rotatable bonds is 4. The minimum atomic E-state index is 0.675. The summed E-state index contributed by atoms with van der Waals surface area (Å²) in [7, 11) is 0. The number of pyridine rings is 1. The maximum atomic E-state index is 5.35. The fourth-order valence-corrected chi connectivity index (χ4v) is 2.14. The number of hydrogen-bond acceptors (Lipinski definition) is 7. The monoisotopic (exact) mass is 298 g/mol. The van der Waals surface area contributed by atoms with Crippen LogP contribution in [-0.2, 0) is 4.74 Å². The second-order valence-corrected chi connectivity index (χ2v) is 4.95. The summed E-state index contributed by atoms with van der Waals surface area (Å²) in [6.45, 7) is 4.98. The Hall–Kier alpha value is -2.54. The van der Waals surface area contributed by atoms with Crippen LogP contribution in [0.2, 0.25) is 0 Å². The number of morpholine rings is 1. The third kappa shape index (κ3) is 3.76. The van der Waals surface area contributed by atoms with Crippen molar-refractivity contribution in [3.05, 3.63) is 41.9 Å². The zero-order valence-corrected chi connectivity index (χ0v) is 12.4. The van der Waals surface area contributed by atoms with Crippen molar-refractivity contribution in [2.24, 2.45) is 5.10 Å². The van der Waals surface area contributed by atoms with Crippen LogP contribution in [0.4, 0.5) is 11.8 Å². The first kappa shape index (κ1) is 14.4. The van der Waals surface area contributed by atoms with Crippen molar-refractivity contribution < 1.29 is 4.74 Å². The Morgan fingerprint density at radius 2 is 2.18 bits per heavy atom. The predicted octanol–water partition coefficient (Wildman–Crippen LogP) is 1.46. The van der Waals surface area contributed by atoms with E-state index < -0.39 is 0 Å². The molecule has 1 aliphatic rings. The third-order valence-electron chi connectivity index (χ3n) is 3.21. The lowest BCUT2D eigenvalue weighted by atomic mass is 10.3.